The lowest BCUT2D eigenvalue weighted by molar-refractivity contribution is -0.133. The average molecular weight is 299 g/mol. The number of carbonyl (C=O) groups excluding carboxylic acids is 2. The molecule has 1 aliphatic heterocycles. The number of nitrogens with zero attached hydrogens (tertiary/aromatic N) is 1. The van der Waals surface area contributed by atoms with Gasteiger partial charge in [-0.1, -0.05) is 6.07 Å². The fourth-order valence-corrected chi connectivity index (χ4v) is 2.99. The van der Waals surface area contributed by atoms with Gasteiger partial charge in [0.25, 0.3) is 0 Å². The minimum atomic E-state index is -0.135. The Bertz CT molecular complexity index is 620. The first-order chi connectivity index (χ1) is 10.7. The van der Waals surface area contributed by atoms with Gasteiger partial charge >= 0.3 is 6.03 Å². The highest BCUT2D eigenvalue weighted by atomic mass is 16.2. The summed E-state index contributed by atoms with van der Waals surface area (Å²) in [6.45, 7) is 1.49. The second-order valence-corrected chi connectivity index (χ2v) is 6.64. The summed E-state index contributed by atoms with van der Waals surface area (Å²) in [5.41, 5.74) is 3.25. The van der Waals surface area contributed by atoms with E-state index in [0.29, 0.717) is 18.5 Å². The standard InChI is InChI=1S/C17H21N3O2/c21-16(12-1-2-12)20-8-7-11-3-4-15(9-13(11)10-20)19-17(22)18-14-5-6-14/h3-4,9,12,14H,1-2,5-8,10H2,(H2,18,19,22). The number of fused-ring (bicyclic) bond motifs is 1. The lowest BCUT2D eigenvalue weighted by Gasteiger charge is -2.29. The van der Waals surface area contributed by atoms with Crippen molar-refractivity contribution in [3.05, 3.63) is 29.3 Å². The van der Waals surface area contributed by atoms with Gasteiger partial charge in [0.1, 0.15) is 0 Å². The number of carbonyl (C=O) groups is 2. The van der Waals surface area contributed by atoms with Gasteiger partial charge in [-0.15, -0.1) is 0 Å². The van der Waals surface area contributed by atoms with Crippen molar-refractivity contribution in [3.8, 4) is 0 Å². The van der Waals surface area contributed by atoms with Crippen LogP contribution in [0.5, 0.6) is 0 Å². The molecule has 116 valence electrons. The van der Waals surface area contributed by atoms with Crippen LogP contribution in [0.3, 0.4) is 0 Å². The Hall–Kier alpha value is -2.04. The second kappa shape index (κ2) is 5.30. The Balaban J connectivity index is 1.44. The van der Waals surface area contributed by atoms with E-state index in [9.17, 15) is 9.59 Å². The molecule has 0 radical (unpaired) electrons. The van der Waals surface area contributed by atoms with Crippen molar-refractivity contribution in [1.82, 2.24) is 10.2 Å². The number of urea groups is 1. The highest BCUT2D eigenvalue weighted by Gasteiger charge is 2.34. The number of benzene rings is 1. The topological polar surface area (TPSA) is 61.4 Å². The minimum absolute atomic E-state index is 0.135. The zero-order valence-corrected chi connectivity index (χ0v) is 12.6. The molecule has 1 heterocycles. The third-order valence-corrected chi connectivity index (χ3v) is 4.63. The average Bonchev–Trinajstić information content (AvgIpc) is 3.39. The molecule has 0 bridgehead atoms. The van der Waals surface area contributed by atoms with Crippen molar-refractivity contribution in [2.75, 3.05) is 11.9 Å². The maximum absolute atomic E-state index is 12.2. The second-order valence-electron chi connectivity index (χ2n) is 6.64. The van der Waals surface area contributed by atoms with Crippen LogP contribution in [0, 0.1) is 5.92 Å². The molecule has 0 spiro atoms. The molecule has 0 aromatic heterocycles. The van der Waals surface area contributed by atoms with Crippen molar-refractivity contribution in [2.24, 2.45) is 5.92 Å². The number of anilines is 1. The zero-order chi connectivity index (χ0) is 15.1. The van der Waals surface area contributed by atoms with Crippen LogP contribution in [-0.2, 0) is 17.8 Å². The van der Waals surface area contributed by atoms with Crippen LogP contribution in [0.1, 0.15) is 36.8 Å². The van der Waals surface area contributed by atoms with E-state index in [-0.39, 0.29) is 11.9 Å². The highest BCUT2D eigenvalue weighted by Crippen LogP contribution is 2.33. The number of amides is 3. The molecule has 0 unspecified atom stereocenters. The molecule has 0 atom stereocenters. The summed E-state index contributed by atoms with van der Waals surface area (Å²) >= 11 is 0. The van der Waals surface area contributed by atoms with E-state index in [4.69, 9.17) is 0 Å². The minimum Gasteiger partial charge on any atom is -0.338 e. The Morgan fingerprint density at radius 2 is 1.91 bits per heavy atom. The Kier molecular flexibility index (Phi) is 3.28. The Morgan fingerprint density at radius 3 is 2.64 bits per heavy atom. The Labute approximate surface area is 130 Å². The van der Waals surface area contributed by atoms with Crippen LogP contribution < -0.4 is 10.6 Å². The highest BCUT2D eigenvalue weighted by molar-refractivity contribution is 5.89. The molecule has 5 heteroatoms. The number of hydrogen-bond donors (Lipinski definition) is 2. The summed E-state index contributed by atoms with van der Waals surface area (Å²) in [6.07, 6.45) is 5.16. The lowest BCUT2D eigenvalue weighted by atomic mass is 9.98. The molecule has 2 N–H and O–H groups in total. The van der Waals surface area contributed by atoms with Gasteiger partial charge in [0.05, 0.1) is 0 Å². The van der Waals surface area contributed by atoms with Gasteiger partial charge < -0.3 is 15.5 Å². The van der Waals surface area contributed by atoms with E-state index in [2.05, 4.69) is 16.7 Å². The fraction of sp³-hybridized carbons (Fsp3) is 0.529. The third-order valence-electron chi connectivity index (χ3n) is 4.63. The number of hydrogen-bond acceptors (Lipinski definition) is 2. The first kappa shape index (κ1) is 13.6. The van der Waals surface area contributed by atoms with Gasteiger partial charge in [-0.25, -0.2) is 4.79 Å². The van der Waals surface area contributed by atoms with Gasteiger partial charge in [-0.3, -0.25) is 4.79 Å². The third kappa shape index (κ3) is 2.93. The molecule has 5 nitrogen and oxygen atoms in total. The number of nitrogens with one attached hydrogen (secondary N) is 2. The van der Waals surface area contributed by atoms with Gasteiger partial charge in [0.2, 0.25) is 5.91 Å². The van der Waals surface area contributed by atoms with E-state index < -0.39 is 0 Å². The van der Waals surface area contributed by atoms with Gasteiger partial charge in [-0.2, -0.15) is 0 Å². The zero-order valence-electron chi connectivity index (χ0n) is 12.6. The van der Waals surface area contributed by atoms with Crippen LogP contribution in [0.25, 0.3) is 0 Å². The molecule has 3 aliphatic rings. The molecular weight excluding hydrogens is 278 g/mol. The summed E-state index contributed by atoms with van der Waals surface area (Å²) in [5.74, 6) is 0.572. The molecule has 2 saturated carbocycles. The number of rotatable bonds is 3. The molecule has 22 heavy (non-hydrogen) atoms. The summed E-state index contributed by atoms with van der Waals surface area (Å²) < 4.78 is 0. The van der Waals surface area contributed by atoms with Crippen molar-refractivity contribution < 1.29 is 9.59 Å². The lowest BCUT2D eigenvalue weighted by Crippen LogP contribution is -2.37. The summed E-state index contributed by atoms with van der Waals surface area (Å²) in [6, 6.07) is 6.24. The molecule has 3 amide bonds. The summed E-state index contributed by atoms with van der Waals surface area (Å²) in [7, 11) is 0. The monoisotopic (exact) mass is 299 g/mol. The maximum atomic E-state index is 12.2. The van der Waals surface area contributed by atoms with Crippen molar-refractivity contribution in [3.63, 3.8) is 0 Å². The predicted molar refractivity (Wildman–Crippen MR) is 83.5 cm³/mol. The van der Waals surface area contributed by atoms with E-state index in [1.54, 1.807) is 0 Å². The maximum Gasteiger partial charge on any atom is 0.319 e. The largest absolute Gasteiger partial charge is 0.338 e. The smallest absolute Gasteiger partial charge is 0.319 e. The van der Waals surface area contributed by atoms with Gasteiger partial charge in [-0.05, 0) is 55.4 Å². The van der Waals surface area contributed by atoms with Crippen LogP contribution in [0.4, 0.5) is 10.5 Å². The first-order valence-corrected chi connectivity index (χ1v) is 8.17. The van der Waals surface area contributed by atoms with Gasteiger partial charge in [0.15, 0.2) is 0 Å². The molecule has 2 fully saturated rings. The van der Waals surface area contributed by atoms with E-state index in [0.717, 1.165) is 49.9 Å². The summed E-state index contributed by atoms with van der Waals surface area (Å²) in [5, 5.41) is 5.81. The van der Waals surface area contributed by atoms with Crippen molar-refractivity contribution in [2.45, 2.75) is 44.7 Å². The molecule has 2 aliphatic carbocycles. The van der Waals surface area contributed by atoms with E-state index in [1.807, 2.05) is 17.0 Å². The molecule has 4 rings (SSSR count). The van der Waals surface area contributed by atoms with Crippen LogP contribution in [0.2, 0.25) is 0 Å². The molecule has 1 aromatic rings. The van der Waals surface area contributed by atoms with Crippen molar-refractivity contribution >= 4 is 17.6 Å². The molecular formula is C17H21N3O2. The van der Waals surface area contributed by atoms with Crippen LogP contribution in [0.15, 0.2) is 18.2 Å². The van der Waals surface area contributed by atoms with Gasteiger partial charge in [0, 0.05) is 30.7 Å². The van der Waals surface area contributed by atoms with Crippen LogP contribution >= 0.6 is 0 Å². The van der Waals surface area contributed by atoms with E-state index >= 15 is 0 Å². The molecule has 1 aromatic carbocycles. The van der Waals surface area contributed by atoms with Crippen molar-refractivity contribution in [1.29, 1.82) is 0 Å². The Morgan fingerprint density at radius 1 is 1.09 bits per heavy atom. The van der Waals surface area contributed by atoms with Crippen LogP contribution in [-0.4, -0.2) is 29.4 Å². The molecule has 0 saturated heterocycles. The first-order valence-electron chi connectivity index (χ1n) is 8.17. The quantitative estimate of drug-likeness (QED) is 0.899. The normalized spacial score (nSPS) is 20.3. The van der Waals surface area contributed by atoms with E-state index in [1.165, 1.54) is 5.56 Å². The fourth-order valence-electron chi connectivity index (χ4n) is 2.99. The SMILES string of the molecule is O=C(Nc1ccc2c(c1)CN(C(=O)C1CC1)CC2)NC1CC1. The summed E-state index contributed by atoms with van der Waals surface area (Å²) in [4.78, 5) is 26.0. The predicted octanol–water partition coefficient (Wildman–Crippen LogP) is 2.27.